The molecule has 1 saturated carbocycles. The minimum atomic E-state index is -4.97. The smallest absolute Gasteiger partial charge is 0.410 e. The van der Waals surface area contributed by atoms with E-state index in [1.54, 1.807) is 24.3 Å². The molecule has 15 heteroatoms. The fourth-order valence-electron chi connectivity index (χ4n) is 4.42. The molecule has 1 heterocycles. The van der Waals surface area contributed by atoms with Gasteiger partial charge in [-0.25, -0.2) is 17.6 Å². The maximum atomic E-state index is 14.1. The van der Waals surface area contributed by atoms with Crippen molar-refractivity contribution >= 4 is 22.0 Å². The van der Waals surface area contributed by atoms with Gasteiger partial charge in [-0.1, -0.05) is 42.5 Å². The summed E-state index contributed by atoms with van der Waals surface area (Å²) >= 11 is 0. The minimum absolute atomic E-state index is 0.0270. The zero-order chi connectivity index (χ0) is 30.5. The number of rotatable bonds is 10. The van der Waals surface area contributed by atoms with Gasteiger partial charge in [-0.2, -0.15) is 22.7 Å². The Hall–Kier alpha value is -3.74. The molecule has 2 fully saturated rings. The fraction of sp³-hybridized carbons (Fsp3) is 0.444. The number of sulfonamides is 1. The Morgan fingerprint density at radius 3 is 2.19 bits per heavy atom. The predicted molar refractivity (Wildman–Crippen MR) is 141 cm³/mol. The molecular weight excluding hydrogens is 582 g/mol. The Labute approximate surface area is 240 Å². The van der Waals surface area contributed by atoms with Crippen molar-refractivity contribution in [3.8, 4) is 6.07 Å². The van der Waals surface area contributed by atoms with Crippen molar-refractivity contribution in [1.29, 1.82) is 5.26 Å². The Kier molecular flexibility index (Phi) is 9.39. The third-order valence-corrected chi connectivity index (χ3v) is 8.92. The molecule has 1 unspecified atom stereocenters. The lowest BCUT2D eigenvalue weighted by molar-refractivity contribution is -0.160. The zero-order valence-electron chi connectivity index (χ0n) is 22.3. The maximum absolute atomic E-state index is 14.1. The quantitative estimate of drug-likeness (QED) is 0.395. The minimum Gasteiger partial charge on any atom is -0.445 e. The van der Waals surface area contributed by atoms with Gasteiger partial charge in [-0.15, -0.1) is 0 Å². The first kappa shape index (κ1) is 31.2. The largest absolute Gasteiger partial charge is 0.445 e. The van der Waals surface area contributed by atoms with Crippen LogP contribution in [0.3, 0.4) is 0 Å². The van der Waals surface area contributed by atoms with Crippen molar-refractivity contribution in [3.63, 3.8) is 0 Å². The van der Waals surface area contributed by atoms with Gasteiger partial charge in [0, 0.05) is 26.2 Å². The van der Waals surface area contributed by atoms with Crippen LogP contribution in [-0.2, 0) is 26.2 Å². The van der Waals surface area contributed by atoms with Gasteiger partial charge < -0.3 is 15.0 Å². The van der Waals surface area contributed by atoms with Crippen molar-refractivity contribution in [2.75, 3.05) is 31.9 Å². The SMILES string of the molecule is N#CC1(NC(=O)C(CS(=O)(=O)N2CCN(C(=O)OCc3ccccc3)CC2)N[C@H](c2ccc(F)cc2)C(F)(F)F)CC1. The van der Waals surface area contributed by atoms with E-state index < -0.39 is 63.0 Å². The van der Waals surface area contributed by atoms with E-state index >= 15 is 0 Å². The van der Waals surface area contributed by atoms with Gasteiger partial charge >= 0.3 is 12.3 Å². The van der Waals surface area contributed by atoms with Gasteiger partial charge in [0.25, 0.3) is 0 Å². The number of ether oxygens (including phenoxy) is 1. The highest BCUT2D eigenvalue weighted by atomic mass is 32.2. The van der Waals surface area contributed by atoms with Crippen LogP contribution in [0.15, 0.2) is 54.6 Å². The molecule has 0 aromatic heterocycles. The molecule has 1 aliphatic carbocycles. The van der Waals surface area contributed by atoms with Gasteiger partial charge in [-0.3, -0.25) is 10.1 Å². The van der Waals surface area contributed by atoms with Crippen molar-refractivity contribution < 1.29 is 40.3 Å². The number of halogens is 4. The van der Waals surface area contributed by atoms with Crippen molar-refractivity contribution in [3.05, 3.63) is 71.5 Å². The summed E-state index contributed by atoms with van der Waals surface area (Å²) in [6.45, 7) is -0.371. The maximum Gasteiger partial charge on any atom is 0.410 e. The number of piperazine rings is 1. The van der Waals surface area contributed by atoms with E-state index in [1.807, 2.05) is 12.1 Å². The van der Waals surface area contributed by atoms with Crippen molar-refractivity contribution in [2.24, 2.45) is 0 Å². The van der Waals surface area contributed by atoms with Crippen LogP contribution in [0.5, 0.6) is 0 Å². The molecule has 42 heavy (non-hydrogen) atoms. The average Bonchev–Trinajstić information content (AvgIpc) is 3.74. The van der Waals surface area contributed by atoms with Crippen LogP contribution in [-0.4, -0.2) is 79.3 Å². The average molecular weight is 612 g/mol. The summed E-state index contributed by atoms with van der Waals surface area (Å²) in [4.78, 5) is 26.9. The highest BCUT2D eigenvalue weighted by molar-refractivity contribution is 7.89. The normalized spacial score (nSPS) is 18.4. The van der Waals surface area contributed by atoms with Crippen LogP contribution in [0.1, 0.15) is 30.0 Å². The molecule has 2 aliphatic rings. The molecule has 226 valence electrons. The van der Waals surface area contributed by atoms with Gasteiger partial charge in [-0.05, 0) is 36.1 Å². The van der Waals surface area contributed by atoms with Gasteiger partial charge in [0.2, 0.25) is 15.9 Å². The van der Waals surface area contributed by atoms with Crippen LogP contribution in [0.25, 0.3) is 0 Å². The summed E-state index contributed by atoms with van der Waals surface area (Å²) in [7, 11) is -4.33. The first-order chi connectivity index (χ1) is 19.8. The summed E-state index contributed by atoms with van der Waals surface area (Å²) < 4.78 is 88.5. The number of carbonyl (C=O) groups excluding carboxylic acids is 2. The summed E-state index contributed by atoms with van der Waals surface area (Å²) in [6, 6.07) is 9.83. The predicted octanol–water partition coefficient (Wildman–Crippen LogP) is 2.84. The van der Waals surface area contributed by atoms with Crippen LogP contribution < -0.4 is 10.6 Å². The molecule has 4 rings (SSSR count). The lowest BCUT2D eigenvalue weighted by atomic mass is 10.0. The number of hydrogen-bond donors (Lipinski definition) is 2. The molecule has 0 spiro atoms. The Morgan fingerprint density at radius 1 is 1.02 bits per heavy atom. The van der Waals surface area contributed by atoms with Crippen LogP contribution in [0, 0.1) is 17.1 Å². The van der Waals surface area contributed by atoms with Crippen molar-refractivity contribution in [1.82, 2.24) is 19.8 Å². The zero-order valence-corrected chi connectivity index (χ0v) is 23.1. The lowest BCUT2D eigenvalue weighted by Gasteiger charge is -2.34. The number of nitriles is 1. The van der Waals surface area contributed by atoms with E-state index in [1.165, 1.54) is 4.90 Å². The number of hydrogen-bond acceptors (Lipinski definition) is 7. The van der Waals surface area contributed by atoms with Gasteiger partial charge in [0.1, 0.15) is 30.0 Å². The molecule has 2 atom stereocenters. The molecule has 2 N–H and O–H groups in total. The van der Waals surface area contributed by atoms with E-state index in [0.717, 1.165) is 34.1 Å². The molecule has 1 aliphatic heterocycles. The topological polar surface area (TPSA) is 132 Å². The third kappa shape index (κ3) is 7.96. The summed E-state index contributed by atoms with van der Waals surface area (Å²) in [5.74, 6) is -2.91. The highest BCUT2D eigenvalue weighted by Crippen LogP contribution is 2.36. The number of nitrogens with one attached hydrogen (secondary N) is 2. The number of carbonyl (C=O) groups is 2. The first-order valence-electron chi connectivity index (χ1n) is 13.1. The second-order valence-corrected chi connectivity index (χ2v) is 12.1. The van der Waals surface area contributed by atoms with Crippen LogP contribution in [0.4, 0.5) is 22.4 Å². The Morgan fingerprint density at radius 2 is 1.64 bits per heavy atom. The van der Waals surface area contributed by atoms with Gasteiger partial charge in [0.05, 0.1) is 11.8 Å². The molecule has 2 aromatic rings. The van der Waals surface area contributed by atoms with Crippen LogP contribution in [0.2, 0.25) is 0 Å². The Balaban J connectivity index is 1.45. The van der Waals surface area contributed by atoms with Gasteiger partial charge in [0.15, 0.2) is 0 Å². The first-order valence-corrected chi connectivity index (χ1v) is 14.7. The number of benzene rings is 2. The fourth-order valence-corrected chi connectivity index (χ4v) is 6.02. The third-order valence-electron chi connectivity index (χ3n) is 7.01. The molecular formula is C27H29F4N5O5S. The van der Waals surface area contributed by atoms with Crippen LogP contribution >= 0.6 is 0 Å². The van der Waals surface area contributed by atoms with Crippen molar-refractivity contribution in [2.45, 2.75) is 43.2 Å². The molecule has 2 amide bonds. The van der Waals surface area contributed by atoms with E-state index in [2.05, 4.69) is 10.6 Å². The number of alkyl halides is 3. The number of nitrogens with zero attached hydrogens (tertiary/aromatic N) is 3. The second kappa shape index (κ2) is 12.6. The monoisotopic (exact) mass is 611 g/mol. The summed E-state index contributed by atoms with van der Waals surface area (Å²) in [6.07, 6.45) is -5.07. The summed E-state index contributed by atoms with van der Waals surface area (Å²) in [5, 5.41) is 13.8. The standard InChI is InChI=1S/C27H29F4N5O5S/c28-21-8-6-20(7-9-21)23(27(29,30)31)33-22(24(37)34-26(18-32)10-11-26)17-42(39,40)36-14-12-35(13-15-36)25(38)41-16-19-4-2-1-3-5-19/h1-9,22-23,33H,10-17H2,(H,34,37)/t22?,23-/m1/s1. The highest BCUT2D eigenvalue weighted by Gasteiger charge is 2.48. The lowest BCUT2D eigenvalue weighted by Crippen LogP contribution is -2.57. The molecule has 0 bridgehead atoms. The number of amides is 2. The Bertz CT molecular complexity index is 1410. The van der Waals surface area contributed by atoms with E-state index in [4.69, 9.17) is 4.74 Å². The van der Waals surface area contributed by atoms with E-state index in [0.29, 0.717) is 0 Å². The molecule has 0 radical (unpaired) electrons. The molecule has 2 aromatic carbocycles. The van der Waals surface area contributed by atoms with E-state index in [-0.39, 0.29) is 45.6 Å². The summed E-state index contributed by atoms with van der Waals surface area (Å²) in [5.41, 5.74) is -0.926. The second-order valence-electron chi connectivity index (χ2n) is 10.1. The molecule has 1 saturated heterocycles. The molecule has 10 nitrogen and oxygen atoms in total. The van der Waals surface area contributed by atoms with E-state index in [9.17, 15) is 40.8 Å².